The number of fused-ring (bicyclic) bond motifs is 1. The van der Waals surface area contributed by atoms with E-state index in [1.54, 1.807) is 30.2 Å². The molecule has 1 amide bonds. The smallest absolute Gasteiger partial charge is 0.258 e. The molecule has 0 spiro atoms. The molecule has 0 fully saturated rings. The Morgan fingerprint density at radius 2 is 1.86 bits per heavy atom. The Hall–Kier alpha value is -3.15. The number of ether oxygens (including phenoxy) is 1. The molecule has 0 aliphatic heterocycles. The molecule has 28 heavy (non-hydrogen) atoms. The summed E-state index contributed by atoms with van der Waals surface area (Å²) in [7, 11) is 1.62. The molecule has 6 heteroatoms. The van der Waals surface area contributed by atoms with Gasteiger partial charge in [0, 0.05) is 18.5 Å². The second kappa shape index (κ2) is 9.17. The summed E-state index contributed by atoms with van der Waals surface area (Å²) in [6.45, 7) is 2.68. The molecule has 146 valence electrons. The van der Waals surface area contributed by atoms with Gasteiger partial charge in [-0.15, -0.1) is 0 Å². The molecule has 0 aliphatic rings. The molecule has 0 saturated heterocycles. The predicted octanol–water partition coefficient (Wildman–Crippen LogP) is 3.65. The monoisotopic (exact) mass is 379 g/mol. The lowest BCUT2D eigenvalue weighted by atomic mass is 10.1. The number of unbranched alkanes of at least 4 members (excludes halogenated alkanes) is 1. The van der Waals surface area contributed by atoms with E-state index in [1.165, 1.54) is 0 Å². The summed E-state index contributed by atoms with van der Waals surface area (Å²) >= 11 is 0. The molecule has 3 aromatic rings. The Bertz CT molecular complexity index is 1010. The second-order valence-corrected chi connectivity index (χ2v) is 6.69. The normalized spacial score (nSPS) is 10.8. The van der Waals surface area contributed by atoms with Gasteiger partial charge in [0.2, 0.25) is 5.91 Å². The predicted molar refractivity (Wildman–Crippen MR) is 109 cm³/mol. The minimum atomic E-state index is -0.196. The number of methoxy groups -OCH3 is 1. The van der Waals surface area contributed by atoms with E-state index in [4.69, 9.17) is 4.74 Å². The van der Waals surface area contributed by atoms with Gasteiger partial charge in [-0.1, -0.05) is 43.7 Å². The molecule has 0 atom stereocenters. The molecular weight excluding hydrogens is 354 g/mol. The number of carbonyl (C=O) groups excluding carboxylic acids is 1. The quantitative estimate of drug-likeness (QED) is 0.648. The van der Waals surface area contributed by atoms with E-state index < -0.39 is 0 Å². The standard InChI is InChI=1S/C22H25N3O3/c1-3-4-13-21(26)25(14-16-9-5-8-12-19(16)28-2)15-20-23-18-11-7-6-10-17(18)22(27)24-20/h5-12H,3-4,13-15H2,1-2H3,(H,23,24,27). The summed E-state index contributed by atoms with van der Waals surface area (Å²) in [5.41, 5.74) is 1.34. The number of benzene rings is 2. The molecule has 0 unspecified atom stereocenters. The number of hydrogen-bond donors (Lipinski definition) is 1. The summed E-state index contributed by atoms with van der Waals surface area (Å²) in [5, 5.41) is 0.542. The first-order chi connectivity index (χ1) is 13.6. The summed E-state index contributed by atoms with van der Waals surface area (Å²) in [5.74, 6) is 1.24. The van der Waals surface area contributed by atoms with Crippen LogP contribution in [-0.2, 0) is 17.9 Å². The van der Waals surface area contributed by atoms with Gasteiger partial charge in [0.25, 0.3) is 5.56 Å². The zero-order chi connectivity index (χ0) is 19.9. The van der Waals surface area contributed by atoms with Crippen LogP contribution < -0.4 is 10.3 Å². The maximum atomic E-state index is 12.8. The number of H-pyrrole nitrogens is 1. The summed E-state index contributed by atoms with van der Waals surface area (Å²) in [6.07, 6.45) is 2.23. The van der Waals surface area contributed by atoms with Gasteiger partial charge in [-0.2, -0.15) is 0 Å². The average Bonchev–Trinajstić information content (AvgIpc) is 2.72. The van der Waals surface area contributed by atoms with Crippen molar-refractivity contribution in [3.8, 4) is 5.75 Å². The fraction of sp³-hybridized carbons (Fsp3) is 0.318. The van der Waals surface area contributed by atoms with Crippen molar-refractivity contribution in [3.05, 3.63) is 70.3 Å². The van der Waals surface area contributed by atoms with Gasteiger partial charge in [-0.05, 0) is 24.6 Å². The Morgan fingerprint density at radius 3 is 2.64 bits per heavy atom. The molecule has 2 aromatic carbocycles. The van der Waals surface area contributed by atoms with Crippen molar-refractivity contribution < 1.29 is 9.53 Å². The van der Waals surface area contributed by atoms with Gasteiger partial charge in [0.15, 0.2) is 0 Å². The van der Waals surface area contributed by atoms with Gasteiger partial charge < -0.3 is 14.6 Å². The zero-order valence-electron chi connectivity index (χ0n) is 16.3. The first kappa shape index (κ1) is 19.6. The molecule has 3 rings (SSSR count). The average molecular weight is 379 g/mol. The van der Waals surface area contributed by atoms with Gasteiger partial charge in [-0.25, -0.2) is 4.98 Å². The maximum Gasteiger partial charge on any atom is 0.258 e. The number of para-hydroxylation sites is 2. The Balaban J connectivity index is 1.90. The summed E-state index contributed by atoms with van der Waals surface area (Å²) < 4.78 is 5.42. The molecule has 6 nitrogen and oxygen atoms in total. The van der Waals surface area contributed by atoms with Crippen LogP contribution in [0, 0.1) is 0 Å². The molecule has 1 aromatic heterocycles. The van der Waals surface area contributed by atoms with Crippen LogP contribution in [0.25, 0.3) is 10.9 Å². The number of carbonyl (C=O) groups is 1. The van der Waals surface area contributed by atoms with Crippen LogP contribution >= 0.6 is 0 Å². The van der Waals surface area contributed by atoms with Crippen LogP contribution in [0.4, 0.5) is 0 Å². The van der Waals surface area contributed by atoms with Crippen LogP contribution in [0.3, 0.4) is 0 Å². The molecule has 0 aliphatic carbocycles. The molecule has 1 N–H and O–H groups in total. The largest absolute Gasteiger partial charge is 0.496 e. The third kappa shape index (κ3) is 4.57. The Kier molecular flexibility index (Phi) is 6.42. The van der Waals surface area contributed by atoms with E-state index >= 15 is 0 Å². The van der Waals surface area contributed by atoms with E-state index in [-0.39, 0.29) is 18.0 Å². The molecular formula is C22H25N3O3. The minimum Gasteiger partial charge on any atom is -0.496 e. The van der Waals surface area contributed by atoms with E-state index in [2.05, 4.69) is 16.9 Å². The van der Waals surface area contributed by atoms with E-state index in [9.17, 15) is 9.59 Å². The van der Waals surface area contributed by atoms with Gasteiger partial charge in [0.1, 0.15) is 11.6 Å². The number of hydrogen-bond acceptors (Lipinski definition) is 4. The molecule has 1 heterocycles. The van der Waals surface area contributed by atoms with Crippen LogP contribution in [0.2, 0.25) is 0 Å². The fourth-order valence-electron chi connectivity index (χ4n) is 3.15. The summed E-state index contributed by atoms with van der Waals surface area (Å²) in [4.78, 5) is 34.3. The third-order valence-corrected chi connectivity index (χ3v) is 4.65. The number of aromatic nitrogens is 2. The number of nitrogens with one attached hydrogen (secondary N) is 1. The highest BCUT2D eigenvalue weighted by molar-refractivity contribution is 5.78. The maximum absolute atomic E-state index is 12.8. The lowest BCUT2D eigenvalue weighted by Gasteiger charge is -2.23. The highest BCUT2D eigenvalue weighted by atomic mass is 16.5. The fourth-order valence-corrected chi connectivity index (χ4v) is 3.15. The van der Waals surface area contributed by atoms with Gasteiger partial charge >= 0.3 is 0 Å². The number of nitrogens with zero attached hydrogens (tertiary/aromatic N) is 2. The summed E-state index contributed by atoms with van der Waals surface area (Å²) in [6, 6.07) is 14.8. The van der Waals surface area contributed by atoms with Crippen LogP contribution in [0.5, 0.6) is 5.75 Å². The van der Waals surface area contributed by atoms with Crippen molar-refractivity contribution in [1.29, 1.82) is 0 Å². The lowest BCUT2D eigenvalue weighted by molar-refractivity contribution is -0.132. The van der Waals surface area contributed by atoms with Gasteiger partial charge in [-0.3, -0.25) is 9.59 Å². The van der Waals surface area contributed by atoms with Crippen LogP contribution in [-0.4, -0.2) is 27.9 Å². The first-order valence-electron chi connectivity index (χ1n) is 9.50. The topological polar surface area (TPSA) is 75.3 Å². The van der Waals surface area contributed by atoms with Crippen molar-refractivity contribution in [2.45, 2.75) is 39.3 Å². The SMILES string of the molecule is CCCCC(=O)N(Cc1nc2ccccc2c(=O)[nH]1)Cc1ccccc1OC. The molecule has 0 bridgehead atoms. The highest BCUT2D eigenvalue weighted by Gasteiger charge is 2.18. The van der Waals surface area contributed by atoms with E-state index in [0.717, 1.165) is 24.2 Å². The number of rotatable bonds is 8. The number of aromatic amines is 1. The molecule has 0 radical (unpaired) electrons. The van der Waals surface area contributed by atoms with E-state index in [0.29, 0.717) is 29.7 Å². The number of amides is 1. The van der Waals surface area contributed by atoms with Crippen LogP contribution in [0.15, 0.2) is 53.3 Å². The van der Waals surface area contributed by atoms with Crippen molar-refractivity contribution in [1.82, 2.24) is 14.9 Å². The third-order valence-electron chi connectivity index (χ3n) is 4.65. The molecule has 0 saturated carbocycles. The van der Waals surface area contributed by atoms with Crippen LogP contribution in [0.1, 0.15) is 37.6 Å². The van der Waals surface area contributed by atoms with Gasteiger partial charge in [0.05, 0.1) is 24.6 Å². The minimum absolute atomic E-state index is 0.0311. The zero-order valence-corrected chi connectivity index (χ0v) is 16.3. The Morgan fingerprint density at radius 1 is 1.11 bits per heavy atom. The highest BCUT2D eigenvalue weighted by Crippen LogP contribution is 2.21. The van der Waals surface area contributed by atoms with Crippen molar-refractivity contribution >= 4 is 16.8 Å². The second-order valence-electron chi connectivity index (χ2n) is 6.69. The van der Waals surface area contributed by atoms with Crippen molar-refractivity contribution in [2.75, 3.05) is 7.11 Å². The lowest BCUT2D eigenvalue weighted by Crippen LogP contribution is -2.31. The first-order valence-corrected chi connectivity index (χ1v) is 9.50. The van der Waals surface area contributed by atoms with E-state index in [1.807, 2.05) is 30.3 Å². The van der Waals surface area contributed by atoms with Crippen molar-refractivity contribution in [3.63, 3.8) is 0 Å². The van der Waals surface area contributed by atoms with Crippen molar-refractivity contribution in [2.24, 2.45) is 0 Å². The Labute approximate surface area is 164 Å².